The Hall–Kier alpha value is -1.58. The second kappa shape index (κ2) is 6.38. The fourth-order valence-electron chi connectivity index (χ4n) is 2.58. The van der Waals surface area contributed by atoms with Crippen LogP contribution in [0.1, 0.15) is 12.8 Å². The monoisotopic (exact) mass is 360 g/mol. The minimum absolute atomic E-state index is 0.00786. The molecule has 0 bridgehead atoms. The summed E-state index contributed by atoms with van der Waals surface area (Å²) in [4.78, 5) is 5.92. The third-order valence-corrected chi connectivity index (χ3v) is 5.55. The number of ether oxygens (including phenoxy) is 1. The molecule has 1 saturated heterocycles. The van der Waals surface area contributed by atoms with Crippen LogP contribution in [0.5, 0.6) is 0 Å². The predicted octanol–water partition coefficient (Wildman–Crippen LogP) is 2.09. The summed E-state index contributed by atoms with van der Waals surface area (Å²) in [7, 11) is -3.34. The van der Waals surface area contributed by atoms with Gasteiger partial charge in [-0.05, 0) is 18.2 Å². The van der Waals surface area contributed by atoms with Gasteiger partial charge in [0.1, 0.15) is 12.1 Å². The minimum Gasteiger partial charge on any atom is -0.439 e. The molecule has 9 heteroatoms. The number of sulfone groups is 1. The first-order valence-electron chi connectivity index (χ1n) is 7.59. The van der Waals surface area contributed by atoms with Gasteiger partial charge in [0.05, 0.1) is 30.3 Å². The molecular weight excluding hydrogens is 342 g/mol. The van der Waals surface area contributed by atoms with Crippen molar-refractivity contribution in [2.75, 3.05) is 32.1 Å². The largest absolute Gasteiger partial charge is 0.439 e. The number of hydrogen-bond donors (Lipinski definition) is 0. The van der Waals surface area contributed by atoms with Crippen LogP contribution in [0.15, 0.2) is 27.5 Å². The van der Waals surface area contributed by atoms with Crippen LogP contribution in [0.25, 0.3) is 11.1 Å². The van der Waals surface area contributed by atoms with Gasteiger partial charge < -0.3 is 9.15 Å². The smallest absolute Gasteiger partial charge is 0.283 e. The van der Waals surface area contributed by atoms with Crippen molar-refractivity contribution in [2.24, 2.45) is 0 Å². The average Bonchev–Trinajstić information content (AvgIpc) is 2.83. The van der Waals surface area contributed by atoms with Gasteiger partial charge in [0.25, 0.3) is 5.92 Å². The van der Waals surface area contributed by atoms with Crippen molar-refractivity contribution >= 4 is 20.9 Å². The number of nitrogens with zero attached hydrogens (tertiary/aromatic N) is 2. The zero-order valence-electron chi connectivity index (χ0n) is 13.2. The highest BCUT2D eigenvalue weighted by molar-refractivity contribution is 7.91. The van der Waals surface area contributed by atoms with Crippen LogP contribution < -0.4 is 0 Å². The standard InChI is InChI=1S/C15H18F2N2O4S/c1-2-24(20,21)11-3-4-13-12(7-11)18-14(23-13)8-19-5-6-22-10-15(16,17)9-19/h3-4,7H,2,5-6,8-10H2,1H3. The summed E-state index contributed by atoms with van der Waals surface area (Å²) >= 11 is 0. The number of rotatable bonds is 4. The average molecular weight is 360 g/mol. The van der Waals surface area contributed by atoms with Gasteiger partial charge in [-0.1, -0.05) is 6.92 Å². The first kappa shape index (κ1) is 17.2. The highest BCUT2D eigenvalue weighted by atomic mass is 32.2. The molecule has 2 heterocycles. The number of oxazole rings is 1. The molecule has 0 spiro atoms. The van der Waals surface area contributed by atoms with Crippen LogP contribution in [0.3, 0.4) is 0 Å². The van der Waals surface area contributed by atoms with E-state index in [1.54, 1.807) is 6.92 Å². The lowest BCUT2D eigenvalue weighted by molar-refractivity contribution is -0.0693. The molecule has 1 aromatic carbocycles. The highest BCUT2D eigenvalue weighted by Gasteiger charge is 2.34. The summed E-state index contributed by atoms with van der Waals surface area (Å²) < 4.78 is 61.4. The van der Waals surface area contributed by atoms with Gasteiger partial charge in [-0.2, -0.15) is 0 Å². The summed E-state index contributed by atoms with van der Waals surface area (Å²) in [6, 6.07) is 4.44. The molecule has 6 nitrogen and oxygen atoms in total. The van der Waals surface area contributed by atoms with Crippen LogP contribution in [0, 0.1) is 0 Å². The van der Waals surface area contributed by atoms with E-state index < -0.39 is 28.9 Å². The lowest BCUT2D eigenvalue weighted by atomic mass is 10.3. The van der Waals surface area contributed by atoms with Crippen LogP contribution in [0.2, 0.25) is 0 Å². The normalized spacial score (nSPS) is 19.5. The maximum atomic E-state index is 13.6. The summed E-state index contributed by atoms with van der Waals surface area (Å²) in [6.07, 6.45) is 0. The molecule has 24 heavy (non-hydrogen) atoms. The van der Waals surface area contributed by atoms with Crippen molar-refractivity contribution in [1.29, 1.82) is 0 Å². The number of halogens is 2. The lowest BCUT2D eigenvalue weighted by Crippen LogP contribution is -2.37. The molecular formula is C15H18F2N2O4S. The van der Waals surface area contributed by atoms with Gasteiger partial charge >= 0.3 is 0 Å². The Morgan fingerprint density at radius 1 is 1.38 bits per heavy atom. The summed E-state index contributed by atoms with van der Waals surface area (Å²) in [5.74, 6) is -2.65. The summed E-state index contributed by atoms with van der Waals surface area (Å²) in [5, 5.41) is 0. The topological polar surface area (TPSA) is 72.6 Å². The van der Waals surface area contributed by atoms with Gasteiger partial charge in [0, 0.05) is 6.54 Å². The summed E-state index contributed by atoms with van der Waals surface area (Å²) in [6.45, 7) is 1.23. The van der Waals surface area contributed by atoms with Crippen LogP contribution in [0.4, 0.5) is 8.78 Å². The van der Waals surface area contributed by atoms with Crippen molar-refractivity contribution in [3.63, 3.8) is 0 Å². The molecule has 0 N–H and O–H groups in total. The van der Waals surface area contributed by atoms with Crippen LogP contribution in [-0.4, -0.2) is 56.3 Å². The quantitative estimate of drug-likeness (QED) is 0.831. The number of alkyl halides is 2. The Morgan fingerprint density at radius 2 is 2.17 bits per heavy atom. The Morgan fingerprint density at radius 3 is 2.92 bits per heavy atom. The Balaban J connectivity index is 1.83. The van der Waals surface area contributed by atoms with E-state index in [1.807, 2.05) is 0 Å². The third-order valence-electron chi connectivity index (χ3n) is 3.82. The number of benzene rings is 1. The van der Waals surface area contributed by atoms with Crippen molar-refractivity contribution in [1.82, 2.24) is 9.88 Å². The predicted molar refractivity (Wildman–Crippen MR) is 82.8 cm³/mol. The fourth-order valence-corrected chi connectivity index (χ4v) is 3.48. The van der Waals surface area contributed by atoms with E-state index in [-0.39, 0.29) is 29.7 Å². The van der Waals surface area contributed by atoms with E-state index in [4.69, 9.17) is 9.15 Å². The minimum atomic E-state index is -3.34. The van der Waals surface area contributed by atoms with Gasteiger partial charge in [-0.15, -0.1) is 0 Å². The van der Waals surface area contributed by atoms with E-state index in [0.717, 1.165) is 0 Å². The molecule has 0 aliphatic carbocycles. The first-order valence-corrected chi connectivity index (χ1v) is 9.24. The zero-order chi connectivity index (χ0) is 17.4. The Bertz CT molecular complexity index is 835. The molecule has 0 atom stereocenters. The van der Waals surface area contributed by atoms with E-state index in [9.17, 15) is 17.2 Å². The highest BCUT2D eigenvalue weighted by Crippen LogP contribution is 2.23. The fraction of sp³-hybridized carbons (Fsp3) is 0.533. The molecule has 0 unspecified atom stereocenters. The second-order valence-electron chi connectivity index (χ2n) is 5.76. The maximum absolute atomic E-state index is 13.6. The molecule has 0 radical (unpaired) electrons. The van der Waals surface area contributed by atoms with Gasteiger partial charge in [0.2, 0.25) is 5.89 Å². The van der Waals surface area contributed by atoms with Crippen LogP contribution >= 0.6 is 0 Å². The molecule has 1 fully saturated rings. The zero-order valence-corrected chi connectivity index (χ0v) is 14.0. The van der Waals surface area contributed by atoms with Gasteiger partial charge in [-0.3, -0.25) is 4.90 Å². The molecule has 132 valence electrons. The maximum Gasteiger partial charge on any atom is 0.283 e. The van der Waals surface area contributed by atoms with Gasteiger partial charge in [-0.25, -0.2) is 22.2 Å². The van der Waals surface area contributed by atoms with Crippen molar-refractivity contribution in [2.45, 2.75) is 24.3 Å². The molecule has 0 saturated carbocycles. The van der Waals surface area contributed by atoms with Crippen LogP contribution in [-0.2, 0) is 21.1 Å². The Kier molecular flexibility index (Phi) is 4.58. The number of aromatic nitrogens is 1. The Labute approximate surface area is 138 Å². The molecule has 2 aromatic rings. The number of hydrogen-bond acceptors (Lipinski definition) is 6. The first-order chi connectivity index (χ1) is 11.3. The van der Waals surface area contributed by atoms with Crippen molar-refractivity contribution < 1.29 is 26.4 Å². The van der Waals surface area contributed by atoms with E-state index in [0.29, 0.717) is 17.6 Å². The van der Waals surface area contributed by atoms with E-state index >= 15 is 0 Å². The lowest BCUT2D eigenvalue weighted by Gasteiger charge is -2.21. The third kappa shape index (κ3) is 3.73. The number of fused-ring (bicyclic) bond motifs is 1. The molecule has 0 amide bonds. The molecule has 1 aliphatic heterocycles. The van der Waals surface area contributed by atoms with Gasteiger partial charge in [0.15, 0.2) is 15.4 Å². The SMILES string of the molecule is CCS(=O)(=O)c1ccc2oc(CN3CCOCC(F)(F)C3)nc2c1. The molecule has 1 aromatic heterocycles. The molecule has 3 rings (SSSR count). The van der Waals surface area contributed by atoms with Crippen molar-refractivity contribution in [3.05, 3.63) is 24.1 Å². The van der Waals surface area contributed by atoms with E-state index in [2.05, 4.69) is 4.98 Å². The molecule has 1 aliphatic rings. The second-order valence-corrected chi connectivity index (χ2v) is 8.04. The van der Waals surface area contributed by atoms with E-state index in [1.165, 1.54) is 23.1 Å². The summed E-state index contributed by atoms with van der Waals surface area (Å²) in [5.41, 5.74) is 0.829. The van der Waals surface area contributed by atoms with Crippen molar-refractivity contribution in [3.8, 4) is 0 Å².